The number of phenolic OH excluding ortho intramolecular Hbond substituents is 1. The minimum absolute atomic E-state index is 0.112. The molecule has 0 saturated carbocycles. The Morgan fingerprint density at radius 2 is 1.91 bits per heavy atom. The molecule has 0 bridgehead atoms. The molecule has 1 amide bonds. The molecule has 0 unspecified atom stereocenters. The summed E-state index contributed by atoms with van der Waals surface area (Å²) in [7, 11) is 0. The van der Waals surface area contributed by atoms with Gasteiger partial charge in [-0.1, -0.05) is 48.9 Å². The second kappa shape index (κ2) is 7.96. The number of aromatic hydroxyl groups is 1. The minimum Gasteiger partial charge on any atom is -0.507 e. The van der Waals surface area contributed by atoms with Gasteiger partial charge in [0.1, 0.15) is 17.1 Å². The van der Waals surface area contributed by atoms with Crippen LogP contribution in [0.5, 0.6) is 5.75 Å². The van der Waals surface area contributed by atoms with Crippen molar-refractivity contribution in [3.05, 3.63) is 101 Å². The largest absolute Gasteiger partial charge is 0.507 e. The molecule has 2 aromatic heterocycles. The molecular formula is C26H24N4O2. The molecular weight excluding hydrogens is 400 g/mol. The van der Waals surface area contributed by atoms with E-state index in [9.17, 15) is 9.90 Å². The molecule has 0 aliphatic carbocycles. The number of aromatic nitrogens is 3. The van der Waals surface area contributed by atoms with Crippen molar-refractivity contribution in [2.75, 3.05) is 0 Å². The van der Waals surface area contributed by atoms with E-state index in [1.54, 1.807) is 18.5 Å². The van der Waals surface area contributed by atoms with E-state index >= 15 is 0 Å². The van der Waals surface area contributed by atoms with Crippen molar-refractivity contribution >= 4 is 5.91 Å². The van der Waals surface area contributed by atoms with E-state index in [1.165, 1.54) is 5.56 Å². The Bertz CT molecular complexity index is 1280. The summed E-state index contributed by atoms with van der Waals surface area (Å²) in [6.07, 6.45) is 4.45. The average molecular weight is 425 g/mol. The Balaban J connectivity index is 1.67. The lowest BCUT2D eigenvalue weighted by Gasteiger charge is -2.26. The third kappa shape index (κ3) is 3.34. The highest BCUT2D eigenvalue weighted by Gasteiger charge is 2.42. The number of aromatic amines is 1. The number of carbonyl (C=O) groups is 1. The third-order valence-electron chi connectivity index (χ3n) is 6.05. The number of rotatable bonds is 5. The van der Waals surface area contributed by atoms with Gasteiger partial charge in [0.15, 0.2) is 0 Å². The highest BCUT2D eigenvalue weighted by molar-refractivity contribution is 6.00. The molecule has 1 aliphatic heterocycles. The van der Waals surface area contributed by atoms with Gasteiger partial charge in [-0.15, -0.1) is 0 Å². The first kappa shape index (κ1) is 20.0. The second-order valence-electron chi connectivity index (χ2n) is 8.17. The Morgan fingerprint density at radius 3 is 2.62 bits per heavy atom. The average Bonchev–Trinajstić information content (AvgIpc) is 3.35. The van der Waals surface area contributed by atoms with Gasteiger partial charge in [0.25, 0.3) is 5.91 Å². The number of phenols is 1. The van der Waals surface area contributed by atoms with Gasteiger partial charge in [0.05, 0.1) is 6.04 Å². The van der Waals surface area contributed by atoms with Gasteiger partial charge in [0, 0.05) is 30.1 Å². The summed E-state index contributed by atoms with van der Waals surface area (Å²) in [5.41, 5.74) is 6.69. The van der Waals surface area contributed by atoms with Crippen molar-refractivity contribution in [3.63, 3.8) is 0 Å². The first-order valence-electron chi connectivity index (χ1n) is 10.7. The van der Waals surface area contributed by atoms with Crippen molar-refractivity contribution < 1.29 is 9.90 Å². The normalized spacial score (nSPS) is 15.2. The zero-order valence-electron chi connectivity index (χ0n) is 18.0. The minimum atomic E-state index is -0.322. The summed E-state index contributed by atoms with van der Waals surface area (Å²) in [4.78, 5) is 19.5. The molecule has 5 rings (SSSR count). The van der Waals surface area contributed by atoms with Gasteiger partial charge in [-0.2, -0.15) is 5.10 Å². The van der Waals surface area contributed by atoms with Gasteiger partial charge in [0.2, 0.25) is 0 Å². The van der Waals surface area contributed by atoms with Gasteiger partial charge < -0.3 is 10.0 Å². The van der Waals surface area contributed by atoms with E-state index < -0.39 is 0 Å². The number of nitrogens with one attached hydrogen (secondary N) is 1. The number of hydrogen-bond acceptors (Lipinski definition) is 4. The maximum Gasteiger partial charge on any atom is 0.273 e. The molecule has 0 saturated heterocycles. The van der Waals surface area contributed by atoms with Crippen LogP contribution in [0.4, 0.5) is 0 Å². The Labute approximate surface area is 186 Å². The number of H-pyrrole nitrogens is 1. The van der Waals surface area contributed by atoms with E-state index in [-0.39, 0.29) is 17.7 Å². The standard InChI is InChI=1S/C26H24N4O2/c1-3-17-7-9-19(10-8-17)25-22-23(20-13-16(2)6-11-21(20)31)28-29-24(22)26(32)30(25)15-18-5-4-12-27-14-18/h4-14,25,31H,3,15H2,1-2H3,(H,28,29)/t25-/m1/s1. The molecule has 4 aromatic rings. The number of fused-ring (bicyclic) bond motifs is 1. The van der Waals surface area contributed by atoms with Crippen LogP contribution in [0.3, 0.4) is 0 Å². The van der Waals surface area contributed by atoms with Crippen LogP contribution < -0.4 is 0 Å². The molecule has 6 nitrogen and oxygen atoms in total. The van der Waals surface area contributed by atoms with Crippen molar-refractivity contribution in [2.24, 2.45) is 0 Å². The summed E-state index contributed by atoms with van der Waals surface area (Å²) in [6, 6.07) is 17.3. The molecule has 1 aliphatic rings. The third-order valence-corrected chi connectivity index (χ3v) is 6.05. The molecule has 1 atom stereocenters. The number of aryl methyl sites for hydroxylation is 2. The quantitative estimate of drug-likeness (QED) is 0.482. The van der Waals surface area contributed by atoms with Crippen LogP contribution in [0.15, 0.2) is 67.0 Å². The van der Waals surface area contributed by atoms with Crippen LogP contribution in [0.2, 0.25) is 0 Å². The van der Waals surface area contributed by atoms with Crippen LogP contribution >= 0.6 is 0 Å². The molecule has 2 N–H and O–H groups in total. The van der Waals surface area contributed by atoms with Crippen LogP contribution in [-0.2, 0) is 13.0 Å². The lowest BCUT2D eigenvalue weighted by Crippen LogP contribution is -2.29. The summed E-state index contributed by atoms with van der Waals surface area (Å²) >= 11 is 0. The first-order valence-corrected chi connectivity index (χ1v) is 10.7. The van der Waals surface area contributed by atoms with Crippen LogP contribution in [0, 0.1) is 6.92 Å². The molecule has 32 heavy (non-hydrogen) atoms. The van der Waals surface area contributed by atoms with Crippen LogP contribution in [0.1, 0.15) is 51.3 Å². The SMILES string of the molecule is CCc1ccc([C@@H]2c3c(-c4cc(C)ccc4O)n[nH]c3C(=O)N2Cc2cccnc2)cc1. The predicted octanol–water partition coefficient (Wildman–Crippen LogP) is 4.79. The molecule has 0 radical (unpaired) electrons. The van der Waals surface area contributed by atoms with Crippen molar-refractivity contribution in [3.8, 4) is 17.0 Å². The van der Waals surface area contributed by atoms with Gasteiger partial charge >= 0.3 is 0 Å². The fourth-order valence-electron chi connectivity index (χ4n) is 4.38. The molecule has 0 spiro atoms. The maximum atomic E-state index is 13.5. The molecule has 2 aromatic carbocycles. The van der Waals surface area contributed by atoms with Gasteiger partial charge in [-0.25, -0.2) is 0 Å². The fraction of sp³-hybridized carbons (Fsp3) is 0.192. The smallest absolute Gasteiger partial charge is 0.273 e. The predicted molar refractivity (Wildman–Crippen MR) is 122 cm³/mol. The number of carbonyl (C=O) groups excluding carboxylic acids is 1. The number of pyridine rings is 1. The lowest BCUT2D eigenvalue weighted by molar-refractivity contribution is 0.0730. The monoisotopic (exact) mass is 424 g/mol. The van der Waals surface area contributed by atoms with Crippen molar-refractivity contribution in [1.82, 2.24) is 20.1 Å². The number of amides is 1. The zero-order valence-corrected chi connectivity index (χ0v) is 18.0. The van der Waals surface area contributed by atoms with E-state index in [1.807, 2.05) is 36.1 Å². The topological polar surface area (TPSA) is 82.1 Å². The summed E-state index contributed by atoms with van der Waals surface area (Å²) in [5, 5.41) is 18.0. The number of hydrogen-bond donors (Lipinski definition) is 2. The summed E-state index contributed by atoms with van der Waals surface area (Å²) < 4.78 is 0. The lowest BCUT2D eigenvalue weighted by atomic mass is 9.94. The first-order chi connectivity index (χ1) is 15.6. The van der Waals surface area contributed by atoms with Gasteiger partial charge in [-0.3, -0.25) is 14.9 Å². The molecule has 3 heterocycles. The fourth-order valence-corrected chi connectivity index (χ4v) is 4.38. The molecule has 160 valence electrons. The van der Waals surface area contributed by atoms with Gasteiger partial charge in [-0.05, 0) is 48.2 Å². The van der Waals surface area contributed by atoms with E-state index in [4.69, 9.17) is 0 Å². The highest BCUT2D eigenvalue weighted by Crippen LogP contribution is 2.45. The van der Waals surface area contributed by atoms with Crippen LogP contribution in [-0.4, -0.2) is 31.1 Å². The van der Waals surface area contributed by atoms with E-state index in [0.29, 0.717) is 23.5 Å². The van der Waals surface area contributed by atoms with Crippen molar-refractivity contribution in [1.29, 1.82) is 0 Å². The summed E-state index contributed by atoms with van der Waals surface area (Å²) in [6.45, 7) is 4.51. The highest BCUT2D eigenvalue weighted by atomic mass is 16.3. The Morgan fingerprint density at radius 1 is 1.09 bits per heavy atom. The second-order valence-corrected chi connectivity index (χ2v) is 8.17. The zero-order chi connectivity index (χ0) is 22.2. The van der Waals surface area contributed by atoms with E-state index in [2.05, 4.69) is 46.4 Å². The number of benzene rings is 2. The molecule has 6 heteroatoms. The summed E-state index contributed by atoms with van der Waals surface area (Å²) in [5.74, 6) is 0.0300. The van der Waals surface area contributed by atoms with Crippen LogP contribution in [0.25, 0.3) is 11.3 Å². The number of nitrogens with zero attached hydrogens (tertiary/aromatic N) is 3. The Kier molecular flexibility index (Phi) is 4.98. The Hall–Kier alpha value is -3.93. The maximum absolute atomic E-state index is 13.5. The van der Waals surface area contributed by atoms with Crippen molar-refractivity contribution in [2.45, 2.75) is 32.9 Å². The molecule has 0 fully saturated rings. The van der Waals surface area contributed by atoms with E-state index in [0.717, 1.165) is 28.7 Å².